The van der Waals surface area contributed by atoms with E-state index in [0.717, 1.165) is 0 Å². The largest absolute Gasteiger partial charge is 0.462 e. The molecule has 2 nitrogen and oxygen atoms in total. The van der Waals surface area contributed by atoms with Crippen molar-refractivity contribution in [3.63, 3.8) is 0 Å². The minimum atomic E-state index is -0.333. The average molecular weight is 192 g/mol. The molecule has 0 heterocycles. The van der Waals surface area contributed by atoms with Crippen LogP contribution in [-0.2, 0) is 9.53 Å². The highest BCUT2D eigenvalue weighted by Crippen LogP contribution is 1.94. The summed E-state index contributed by atoms with van der Waals surface area (Å²) in [5, 5.41) is 0. The van der Waals surface area contributed by atoms with Crippen LogP contribution in [-0.4, -0.2) is 12.6 Å². The molecular weight excluding hydrogens is 176 g/mol. The van der Waals surface area contributed by atoms with Crippen molar-refractivity contribution >= 4 is 5.97 Å². The molecule has 0 spiro atoms. The molecular formula is C12H16O2. The van der Waals surface area contributed by atoms with Gasteiger partial charge in [0.25, 0.3) is 0 Å². The monoisotopic (exact) mass is 192 g/mol. The standard InChI is InChI=1S/C12H16O2/c1-4-5-6-7-8-9-10-14-12(13)11(2)3/h4-8H,1-2,9-10H2,3H3/b6-5-,8-7-. The van der Waals surface area contributed by atoms with E-state index >= 15 is 0 Å². The maximum absolute atomic E-state index is 10.9. The van der Waals surface area contributed by atoms with E-state index in [9.17, 15) is 4.79 Å². The van der Waals surface area contributed by atoms with Crippen molar-refractivity contribution in [1.29, 1.82) is 0 Å². The van der Waals surface area contributed by atoms with Crippen molar-refractivity contribution in [2.75, 3.05) is 6.61 Å². The number of esters is 1. The van der Waals surface area contributed by atoms with Crippen molar-refractivity contribution in [3.8, 4) is 0 Å². The molecule has 2 heteroatoms. The number of hydrogen-bond acceptors (Lipinski definition) is 2. The fraction of sp³-hybridized carbons (Fsp3) is 0.250. The molecule has 0 fully saturated rings. The first kappa shape index (κ1) is 12.4. The molecule has 0 N–H and O–H groups in total. The van der Waals surface area contributed by atoms with Gasteiger partial charge in [-0.3, -0.25) is 0 Å². The maximum Gasteiger partial charge on any atom is 0.333 e. The average Bonchev–Trinajstić information content (AvgIpc) is 2.16. The van der Waals surface area contributed by atoms with Crippen molar-refractivity contribution in [1.82, 2.24) is 0 Å². The Morgan fingerprint density at radius 2 is 2.07 bits per heavy atom. The number of carbonyl (C=O) groups is 1. The van der Waals surface area contributed by atoms with Crippen molar-refractivity contribution in [2.45, 2.75) is 13.3 Å². The molecule has 0 aliphatic rings. The Labute approximate surface area is 85.3 Å². The summed E-state index contributed by atoms with van der Waals surface area (Å²) < 4.78 is 4.88. The first-order valence-corrected chi connectivity index (χ1v) is 4.45. The summed E-state index contributed by atoms with van der Waals surface area (Å²) in [4.78, 5) is 10.9. The second-order valence-corrected chi connectivity index (χ2v) is 2.75. The summed E-state index contributed by atoms with van der Waals surface area (Å²) in [7, 11) is 0. The lowest BCUT2D eigenvalue weighted by Crippen LogP contribution is -2.05. The molecule has 0 radical (unpaired) electrons. The fourth-order valence-corrected chi connectivity index (χ4v) is 0.660. The summed E-state index contributed by atoms with van der Waals surface area (Å²) in [5.41, 5.74) is 0.431. The second-order valence-electron chi connectivity index (χ2n) is 2.75. The van der Waals surface area contributed by atoms with Crippen LogP contribution in [0.15, 0.2) is 49.1 Å². The second kappa shape index (κ2) is 8.05. The highest BCUT2D eigenvalue weighted by atomic mass is 16.5. The predicted molar refractivity (Wildman–Crippen MR) is 58.9 cm³/mol. The number of rotatable bonds is 6. The minimum absolute atomic E-state index is 0.333. The van der Waals surface area contributed by atoms with E-state index in [-0.39, 0.29) is 5.97 Å². The van der Waals surface area contributed by atoms with Crippen LogP contribution in [0.4, 0.5) is 0 Å². The van der Waals surface area contributed by atoms with E-state index in [1.807, 2.05) is 24.3 Å². The summed E-state index contributed by atoms with van der Waals surface area (Å²) in [6.07, 6.45) is 9.91. The van der Waals surface area contributed by atoms with Gasteiger partial charge in [0.15, 0.2) is 0 Å². The summed E-state index contributed by atoms with van der Waals surface area (Å²) in [6.45, 7) is 9.04. The third kappa shape index (κ3) is 7.10. The quantitative estimate of drug-likeness (QED) is 0.280. The molecule has 0 atom stereocenters. The van der Waals surface area contributed by atoms with Crippen LogP contribution in [0.5, 0.6) is 0 Å². The number of hydrogen-bond donors (Lipinski definition) is 0. The molecule has 0 aliphatic carbocycles. The van der Waals surface area contributed by atoms with E-state index in [4.69, 9.17) is 4.74 Å². The normalized spacial score (nSPS) is 10.6. The van der Waals surface area contributed by atoms with Crippen LogP contribution in [0.2, 0.25) is 0 Å². The van der Waals surface area contributed by atoms with Gasteiger partial charge in [0.2, 0.25) is 0 Å². The molecule has 0 aromatic heterocycles. The van der Waals surface area contributed by atoms with E-state index in [2.05, 4.69) is 13.2 Å². The zero-order valence-electron chi connectivity index (χ0n) is 8.53. The molecule has 76 valence electrons. The summed E-state index contributed by atoms with van der Waals surface area (Å²) in [6, 6.07) is 0. The number of allylic oxidation sites excluding steroid dienone is 4. The Balaban J connectivity index is 3.51. The first-order valence-electron chi connectivity index (χ1n) is 4.45. The molecule has 0 aliphatic heterocycles. The van der Waals surface area contributed by atoms with Crippen LogP contribution in [0.3, 0.4) is 0 Å². The van der Waals surface area contributed by atoms with Gasteiger partial charge in [-0.1, -0.05) is 43.5 Å². The lowest BCUT2D eigenvalue weighted by molar-refractivity contribution is -0.138. The van der Waals surface area contributed by atoms with Gasteiger partial charge in [-0.15, -0.1) is 0 Å². The Bertz CT molecular complexity index is 259. The van der Waals surface area contributed by atoms with Gasteiger partial charge in [0.1, 0.15) is 0 Å². The maximum atomic E-state index is 10.9. The highest BCUT2D eigenvalue weighted by Gasteiger charge is 2.00. The first-order chi connectivity index (χ1) is 6.68. The molecule has 0 aromatic rings. The van der Waals surface area contributed by atoms with E-state index < -0.39 is 0 Å². The zero-order valence-corrected chi connectivity index (χ0v) is 8.53. The van der Waals surface area contributed by atoms with Crippen LogP contribution in [0.1, 0.15) is 13.3 Å². The summed E-state index contributed by atoms with van der Waals surface area (Å²) in [5.74, 6) is -0.333. The van der Waals surface area contributed by atoms with Crippen molar-refractivity contribution in [3.05, 3.63) is 49.1 Å². The van der Waals surface area contributed by atoms with Gasteiger partial charge in [-0.25, -0.2) is 4.79 Å². The topological polar surface area (TPSA) is 26.3 Å². The summed E-state index contributed by atoms with van der Waals surface area (Å²) >= 11 is 0. The van der Waals surface area contributed by atoms with Crippen LogP contribution >= 0.6 is 0 Å². The van der Waals surface area contributed by atoms with Gasteiger partial charge < -0.3 is 4.74 Å². The Morgan fingerprint density at radius 3 is 2.64 bits per heavy atom. The Kier molecular flexibility index (Phi) is 7.15. The highest BCUT2D eigenvalue weighted by molar-refractivity contribution is 5.86. The fourth-order valence-electron chi connectivity index (χ4n) is 0.660. The molecule has 0 bridgehead atoms. The molecule has 0 unspecified atom stereocenters. The Morgan fingerprint density at radius 1 is 1.36 bits per heavy atom. The molecule has 0 rings (SSSR count). The van der Waals surface area contributed by atoms with Gasteiger partial charge in [0, 0.05) is 5.57 Å². The predicted octanol–water partition coefficient (Wildman–Crippen LogP) is 2.79. The molecule has 0 amide bonds. The third-order valence-electron chi connectivity index (χ3n) is 1.36. The van der Waals surface area contributed by atoms with E-state index in [0.29, 0.717) is 18.6 Å². The van der Waals surface area contributed by atoms with Crippen LogP contribution in [0, 0.1) is 0 Å². The van der Waals surface area contributed by atoms with Crippen molar-refractivity contribution in [2.24, 2.45) is 0 Å². The minimum Gasteiger partial charge on any atom is -0.462 e. The van der Waals surface area contributed by atoms with Gasteiger partial charge >= 0.3 is 5.97 Å². The van der Waals surface area contributed by atoms with Crippen molar-refractivity contribution < 1.29 is 9.53 Å². The van der Waals surface area contributed by atoms with E-state index in [1.165, 1.54) is 0 Å². The van der Waals surface area contributed by atoms with E-state index in [1.54, 1.807) is 13.0 Å². The van der Waals surface area contributed by atoms with Gasteiger partial charge in [-0.2, -0.15) is 0 Å². The smallest absolute Gasteiger partial charge is 0.333 e. The SMILES string of the molecule is C=C/C=C\C=C/CCOC(=O)C(=C)C. The molecule has 0 saturated carbocycles. The van der Waals surface area contributed by atoms with Gasteiger partial charge in [-0.05, 0) is 13.3 Å². The lowest BCUT2D eigenvalue weighted by Gasteiger charge is -2.00. The Hall–Kier alpha value is -1.57. The zero-order chi connectivity index (χ0) is 10.8. The van der Waals surface area contributed by atoms with Gasteiger partial charge in [0.05, 0.1) is 6.61 Å². The van der Waals surface area contributed by atoms with Crippen LogP contribution in [0.25, 0.3) is 0 Å². The number of ether oxygens (including phenoxy) is 1. The lowest BCUT2D eigenvalue weighted by atomic mass is 10.3. The molecule has 0 aromatic carbocycles. The number of carbonyl (C=O) groups excluding carboxylic acids is 1. The molecule has 14 heavy (non-hydrogen) atoms. The van der Waals surface area contributed by atoms with Crippen LogP contribution < -0.4 is 0 Å². The third-order valence-corrected chi connectivity index (χ3v) is 1.36. The molecule has 0 saturated heterocycles.